The van der Waals surface area contributed by atoms with E-state index in [0.29, 0.717) is 19.0 Å². The smallest absolute Gasteiger partial charge is 0.334 e. The van der Waals surface area contributed by atoms with Gasteiger partial charge in [0.2, 0.25) is 0 Å². The van der Waals surface area contributed by atoms with E-state index < -0.39 is 0 Å². The van der Waals surface area contributed by atoms with E-state index >= 15 is 0 Å². The predicted octanol–water partition coefficient (Wildman–Crippen LogP) is 2.99. The Labute approximate surface area is 97.4 Å². The molecule has 90 valence electrons. The molecular formula is C13H20O3. The van der Waals surface area contributed by atoms with Crippen LogP contribution in [0, 0.1) is 0 Å². The minimum absolute atomic E-state index is 0.367. The van der Waals surface area contributed by atoms with E-state index in [1.807, 2.05) is 32.9 Å². The molecule has 0 aromatic carbocycles. The van der Waals surface area contributed by atoms with Crippen LogP contribution in [0.4, 0.5) is 0 Å². The molecule has 0 aromatic heterocycles. The van der Waals surface area contributed by atoms with Gasteiger partial charge in [0.05, 0.1) is 19.3 Å². The summed E-state index contributed by atoms with van der Waals surface area (Å²) in [5, 5.41) is 0. The molecule has 0 bridgehead atoms. The summed E-state index contributed by atoms with van der Waals surface area (Å²) in [6.45, 7) is 8.52. The fourth-order valence-corrected chi connectivity index (χ4v) is 0.940. The van der Waals surface area contributed by atoms with Crippen LogP contribution in [0.3, 0.4) is 0 Å². The van der Waals surface area contributed by atoms with Gasteiger partial charge in [-0.2, -0.15) is 0 Å². The summed E-state index contributed by atoms with van der Waals surface area (Å²) in [7, 11) is 0. The molecule has 3 nitrogen and oxygen atoms in total. The van der Waals surface area contributed by atoms with Gasteiger partial charge in [0.1, 0.15) is 5.76 Å². The Bertz CT molecular complexity index is 294. The van der Waals surface area contributed by atoms with Crippen LogP contribution in [-0.2, 0) is 14.3 Å². The van der Waals surface area contributed by atoms with Gasteiger partial charge in [-0.1, -0.05) is 17.7 Å². The highest BCUT2D eigenvalue weighted by Crippen LogP contribution is 2.02. The number of esters is 1. The molecule has 0 saturated carbocycles. The summed E-state index contributed by atoms with van der Waals surface area (Å²) < 4.78 is 10.1. The molecule has 0 fully saturated rings. The molecule has 16 heavy (non-hydrogen) atoms. The van der Waals surface area contributed by atoms with Gasteiger partial charge in [-0.15, -0.1) is 0 Å². The monoisotopic (exact) mass is 224 g/mol. The summed E-state index contributed by atoms with van der Waals surface area (Å²) in [6.07, 6.45) is 6.88. The fraction of sp³-hybridized carbons (Fsp3) is 0.462. The van der Waals surface area contributed by atoms with Gasteiger partial charge in [0.25, 0.3) is 0 Å². The van der Waals surface area contributed by atoms with Gasteiger partial charge in [-0.25, -0.2) is 4.79 Å². The Hall–Kier alpha value is -1.51. The van der Waals surface area contributed by atoms with Crippen molar-refractivity contribution in [1.82, 2.24) is 0 Å². The van der Waals surface area contributed by atoms with E-state index in [1.165, 1.54) is 11.6 Å². The average Bonchev–Trinajstić information content (AvgIpc) is 2.17. The second-order valence-electron chi connectivity index (χ2n) is 3.33. The lowest BCUT2D eigenvalue weighted by molar-refractivity contribution is -0.137. The van der Waals surface area contributed by atoms with Gasteiger partial charge in [0.15, 0.2) is 0 Å². The molecular weight excluding hydrogens is 204 g/mol. The van der Waals surface area contributed by atoms with E-state index in [4.69, 9.17) is 9.47 Å². The molecule has 0 atom stereocenters. The van der Waals surface area contributed by atoms with E-state index in [1.54, 1.807) is 13.0 Å². The van der Waals surface area contributed by atoms with Crippen molar-refractivity contribution in [3.05, 3.63) is 35.6 Å². The van der Waals surface area contributed by atoms with Crippen molar-refractivity contribution >= 4 is 5.97 Å². The molecule has 3 heteroatoms. The Balaban J connectivity index is 4.53. The molecule has 0 spiro atoms. The number of carbonyl (C=O) groups excluding carboxylic acids is 1. The van der Waals surface area contributed by atoms with Crippen LogP contribution in [0.5, 0.6) is 0 Å². The Morgan fingerprint density at radius 2 is 1.75 bits per heavy atom. The standard InChI is InChI=1S/C13H20O3/c1-5-15-12(9-7-8-11(3)4)10-13(14)16-6-2/h7-10H,5-6H2,1-4H3. The first-order valence-corrected chi connectivity index (χ1v) is 5.43. The molecule has 0 aliphatic rings. The van der Waals surface area contributed by atoms with Crippen molar-refractivity contribution in [3.8, 4) is 0 Å². The van der Waals surface area contributed by atoms with Crippen molar-refractivity contribution in [1.29, 1.82) is 0 Å². The first-order valence-electron chi connectivity index (χ1n) is 5.43. The zero-order chi connectivity index (χ0) is 12.4. The third kappa shape index (κ3) is 7.85. The van der Waals surface area contributed by atoms with Gasteiger partial charge in [-0.3, -0.25) is 0 Å². The maximum Gasteiger partial charge on any atom is 0.334 e. The second-order valence-corrected chi connectivity index (χ2v) is 3.33. The molecule has 0 aliphatic carbocycles. The Morgan fingerprint density at radius 3 is 2.25 bits per heavy atom. The third-order valence-corrected chi connectivity index (χ3v) is 1.55. The van der Waals surface area contributed by atoms with Crippen molar-refractivity contribution in [2.75, 3.05) is 13.2 Å². The van der Waals surface area contributed by atoms with Crippen molar-refractivity contribution in [3.63, 3.8) is 0 Å². The van der Waals surface area contributed by atoms with Gasteiger partial charge >= 0.3 is 5.97 Å². The lowest BCUT2D eigenvalue weighted by Gasteiger charge is -2.03. The molecule has 0 amide bonds. The number of hydrogen-bond donors (Lipinski definition) is 0. The van der Waals surface area contributed by atoms with Crippen LogP contribution in [0.2, 0.25) is 0 Å². The predicted molar refractivity (Wildman–Crippen MR) is 64.9 cm³/mol. The summed E-state index contributed by atoms with van der Waals surface area (Å²) in [6, 6.07) is 0. The van der Waals surface area contributed by atoms with Crippen LogP contribution >= 0.6 is 0 Å². The Morgan fingerprint density at radius 1 is 1.12 bits per heavy atom. The molecule has 0 rings (SSSR count). The van der Waals surface area contributed by atoms with Crippen molar-refractivity contribution in [2.45, 2.75) is 27.7 Å². The normalized spacial score (nSPS) is 11.4. The first-order chi connectivity index (χ1) is 7.60. The number of ether oxygens (including phenoxy) is 2. The number of hydrogen-bond acceptors (Lipinski definition) is 3. The van der Waals surface area contributed by atoms with Gasteiger partial charge in [0, 0.05) is 0 Å². The van der Waals surface area contributed by atoms with Crippen molar-refractivity contribution in [2.24, 2.45) is 0 Å². The van der Waals surface area contributed by atoms with E-state index in [-0.39, 0.29) is 5.97 Å². The molecule has 0 N–H and O–H groups in total. The minimum atomic E-state index is -0.382. The molecule has 0 saturated heterocycles. The number of allylic oxidation sites excluding steroid dienone is 4. The molecule has 0 unspecified atom stereocenters. The topological polar surface area (TPSA) is 35.5 Å². The largest absolute Gasteiger partial charge is 0.494 e. The third-order valence-electron chi connectivity index (χ3n) is 1.55. The quantitative estimate of drug-likeness (QED) is 0.301. The van der Waals surface area contributed by atoms with Crippen molar-refractivity contribution < 1.29 is 14.3 Å². The molecule has 0 aliphatic heterocycles. The number of carbonyl (C=O) groups is 1. The highest BCUT2D eigenvalue weighted by molar-refractivity contribution is 5.82. The second kappa shape index (κ2) is 8.77. The summed E-state index contributed by atoms with van der Waals surface area (Å²) in [5.41, 5.74) is 1.18. The molecule has 0 aromatic rings. The van der Waals surface area contributed by atoms with E-state index in [9.17, 15) is 4.79 Å². The zero-order valence-electron chi connectivity index (χ0n) is 10.4. The minimum Gasteiger partial charge on any atom is -0.494 e. The van der Waals surface area contributed by atoms with Crippen LogP contribution in [0.1, 0.15) is 27.7 Å². The van der Waals surface area contributed by atoms with E-state index in [2.05, 4.69) is 0 Å². The maximum absolute atomic E-state index is 11.2. The lowest BCUT2D eigenvalue weighted by atomic mass is 10.3. The fourth-order valence-electron chi connectivity index (χ4n) is 0.940. The maximum atomic E-state index is 11.2. The summed E-state index contributed by atoms with van der Waals surface area (Å²) >= 11 is 0. The first kappa shape index (κ1) is 14.5. The van der Waals surface area contributed by atoms with Crippen LogP contribution in [0.25, 0.3) is 0 Å². The Kier molecular flexibility index (Phi) is 7.94. The molecule has 0 heterocycles. The SMILES string of the molecule is CCOC(=O)C=C(C=CC=C(C)C)OCC. The van der Waals surface area contributed by atoms with E-state index in [0.717, 1.165) is 0 Å². The lowest BCUT2D eigenvalue weighted by Crippen LogP contribution is -2.02. The highest BCUT2D eigenvalue weighted by atomic mass is 16.5. The average molecular weight is 224 g/mol. The van der Waals surface area contributed by atoms with Gasteiger partial charge in [-0.05, 0) is 33.8 Å². The van der Waals surface area contributed by atoms with Crippen LogP contribution < -0.4 is 0 Å². The number of rotatable bonds is 6. The van der Waals surface area contributed by atoms with Crippen LogP contribution in [0.15, 0.2) is 35.6 Å². The summed E-state index contributed by atoms with van der Waals surface area (Å²) in [4.78, 5) is 11.2. The zero-order valence-corrected chi connectivity index (χ0v) is 10.4. The summed E-state index contributed by atoms with van der Waals surface area (Å²) in [5.74, 6) is 0.131. The van der Waals surface area contributed by atoms with Crippen LogP contribution in [-0.4, -0.2) is 19.2 Å². The highest BCUT2D eigenvalue weighted by Gasteiger charge is 1.99. The molecule has 0 radical (unpaired) electrons. The van der Waals surface area contributed by atoms with Gasteiger partial charge < -0.3 is 9.47 Å².